The molecule has 1 aromatic rings. The summed E-state index contributed by atoms with van der Waals surface area (Å²) in [5, 5.41) is 1.16. The van der Waals surface area contributed by atoms with Crippen LogP contribution in [0.5, 0.6) is 0 Å². The van der Waals surface area contributed by atoms with Gasteiger partial charge in [0.1, 0.15) is 5.04 Å². The molecular formula is C8H7NS2. The van der Waals surface area contributed by atoms with Crippen LogP contribution in [-0.2, 0) is 0 Å². The topological polar surface area (TPSA) is 12.4 Å². The van der Waals surface area contributed by atoms with Gasteiger partial charge < -0.3 is 0 Å². The van der Waals surface area contributed by atoms with Crippen LogP contribution in [0.2, 0.25) is 0 Å². The van der Waals surface area contributed by atoms with E-state index in [9.17, 15) is 0 Å². The van der Waals surface area contributed by atoms with Gasteiger partial charge in [-0.15, -0.1) is 0 Å². The highest BCUT2D eigenvalue weighted by Crippen LogP contribution is 2.32. The van der Waals surface area contributed by atoms with Gasteiger partial charge in [-0.25, -0.2) is 0 Å². The predicted molar refractivity (Wildman–Crippen MR) is 53.0 cm³/mol. The van der Waals surface area contributed by atoms with Crippen LogP contribution in [0.3, 0.4) is 0 Å². The monoisotopic (exact) mass is 181 g/mol. The first-order valence-electron chi connectivity index (χ1n) is 3.36. The molecule has 0 radical (unpaired) electrons. The van der Waals surface area contributed by atoms with Crippen molar-refractivity contribution in [1.82, 2.24) is 0 Å². The van der Waals surface area contributed by atoms with E-state index in [0.717, 1.165) is 10.9 Å². The lowest BCUT2D eigenvalue weighted by molar-refractivity contribution is 1.40. The summed E-state index contributed by atoms with van der Waals surface area (Å²) in [5.74, 6) is 0.898. The van der Waals surface area contributed by atoms with Crippen molar-refractivity contribution < 1.29 is 0 Å². The van der Waals surface area contributed by atoms with Crippen LogP contribution in [0.15, 0.2) is 35.3 Å². The summed E-state index contributed by atoms with van der Waals surface area (Å²) in [4.78, 5) is 4.35. The third-order valence-electron chi connectivity index (χ3n) is 1.42. The van der Waals surface area contributed by atoms with E-state index < -0.39 is 0 Å². The summed E-state index contributed by atoms with van der Waals surface area (Å²) in [6.07, 6.45) is 0. The Morgan fingerprint density at radius 3 is 2.64 bits per heavy atom. The molecule has 0 unspecified atom stereocenters. The third kappa shape index (κ3) is 1.60. The lowest BCUT2D eigenvalue weighted by Gasteiger charge is -1.95. The number of nitrogens with zero attached hydrogens (tertiary/aromatic N) is 1. The van der Waals surface area contributed by atoms with Gasteiger partial charge in [0.15, 0.2) is 0 Å². The van der Waals surface area contributed by atoms with Gasteiger partial charge in [-0.2, -0.15) is 0 Å². The second kappa shape index (κ2) is 3.32. The van der Waals surface area contributed by atoms with Crippen molar-refractivity contribution in [2.45, 2.75) is 0 Å². The molecule has 3 heteroatoms. The lowest BCUT2D eigenvalue weighted by atomic mass is 10.2. The van der Waals surface area contributed by atoms with E-state index in [-0.39, 0.29) is 0 Å². The van der Waals surface area contributed by atoms with Crippen molar-refractivity contribution in [3.05, 3.63) is 35.9 Å². The first-order chi connectivity index (χ1) is 5.47. The Morgan fingerprint density at radius 2 is 2.00 bits per heavy atom. The molecule has 2 rings (SSSR count). The molecule has 0 atom stereocenters. The van der Waals surface area contributed by atoms with Crippen LogP contribution >= 0.6 is 21.6 Å². The molecule has 1 aliphatic rings. The number of rotatable bonds is 1. The molecule has 0 N–H and O–H groups in total. The number of aliphatic imine (C=N–C) groups is 1. The molecule has 0 fully saturated rings. The molecule has 1 nitrogen and oxygen atoms in total. The predicted octanol–water partition coefficient (Wildman–Crippen LogP) is 2.79. The second-order valence-corrected chi connectivity index (χ2v) is 4.41. The Kier molecular flexibility index (Phi) is 2.19. The molecule has 11 heavy (non-hydrogen) atoms. The molecule has 0 aliphatic carbocycles. The minimum absolute atomic E-state index is 0.898. The molecule has 1 aromatic carbocycles. The van der Waals surface area contributed by atoms with Crippen LogP contribution in [0.1, 0.15) is 5.56 Å². The zero-order valence-electron chi connectivity index (χ0n) is 5.86. The lowest BCUT2D eigenvalue weighted by Crippen LogP contribution is -1.88. The van der Waals surface area contributed by atoms with Crippen molar-refractivity contribution in [2.24, 2.45) is 4.99 Å². The molecule has 0 spiro atoms. The highest BCUT2D eigenvalue weighted by molar-refractivity contribution is 8.82. The molecule has 0 amide bonds. The van der Waals surface area contributed by atoms with Crippen LogP contribution in [-0.4, -0.2) is 10.9 Å². The second-order valence-electron chi connectivity index (χ2n) is 2.16. The van der Waals surface area contributed by atoms with Gasteiger partial charge in [0.25, 0.3) is 0 Å². The number of benzene rings is 1. The van der Waals surface area contributed by atoms with Crippen LogP contribution in [0, 0.1) is 0 Å². The van der Waals surface area contributed by atoms with Gasteiger partial charge in [-0.3, -0.25) is 4.99 Å². The van der Waals surface area contributed by atoms with Crippen molar-refractivity contribution in [1.29, 1.82) is 0 Å². The van der Waals surface area contributed by atoms with Crippen LogP contribution in [0.4, 0.5) is 0 Å². The first-order valence-corrected chi connectivity index (χ1v) is 5.68. The zero-order valence-corrected chi connectivity index (χ0v) is 7.49. The smallest absolute Gasteiger partial charge is 0.109 e. The van der Waals surface area contributed by atoms with Crippen molar-refractivity contribution in [3.8, 4) is 0 Å². The Hall–Kier alpha value is -0.410. The van der Waals surface area contributed by atoms with Crippen LogP contribution in [0.25, 0.3) is 0 Å². The van der Waals surface area contributed by atoms with Gasteiger partial charge in [0.05, 0.1) is 5.88 Å². The van der Waals surface area contributed by atoms with E-state index in [4.69, 9.17) is 0 Å². The molecular weight excluding hydrogens is 174 g/mol. The van der Waals surface area contributed by atoms with Gasteiger partial charge in [0.2, 0.25) is 0 Å². The van der Waals surface area contributed by atoms with Crippen molar-refractivity contribution in [2.75, 3.05) is 5.88 Å². The highest BCUT2D eigenvalue weighted by atomic mass is 33.1. The molecule has 0 saturated carbocycles. The fourth-order valence-electron chi connectivity index (χ4n) is 0.914. The maximum Gasteiger partial charge on any atom is 0.109 e. The Morgan fingerprint density at radius 1 is 1.18 bits per heavy atom. The molecule has 0 bridgehead atoms. The summed E-state index contributed by atoms with van der Waals surface area (Å²) in [7, 11) is 3.55. The summed E-state index contributed by atoms with van der Waals surface area (Å²) in [6.45, 7) is 0. The summed E-state index contributed by atoms with van der Waals surface area (Å²) < 4.78 is 0. The van der Waals surface area contributed by atoms with Gasteiger partial charge in [-0.1, -0.05) is 41.1 Å². The zero-order chi connectivity index (χ0) is 7.52. The van der Waals surface area contributed by atoms with Crippen molar-refractivity contribution in [3.63, 3.8) is 0 Å². The Labute approximate surface area is 73.7 Å². The SMILES string of the molecule is c1ccc(C2=NCSS2)cc1. The van der Waals surface area contributed by atoms with Crippen molar-refractivity contribution >= 4 is 26.6 Å². The molecule has 0 saturated heterocycles. The quantitative estimate of drug-likeness (QED) is 0.618. The third-order valence-corrected chi connectivity index (χ3v) is 3.44. The highest BCUT2D eigenvalue weighted by Gasteiger charge is 2.08. The summed E-state index contributed by atoms with van der Waals surface area (Å²) in [6, 6.07) is 10.3. The van der Waals surface area contributed by atoms with E-state index in [1.165, 1.54) is 5.56 Å². The van der Waals surface area contributed by atoms with E-state index in [2.05, 4.69) is 17.1 Å². The van der Waals surface area contributed by atoms with Gasteiger partial charge >= 0.3 is 0 Å². The van der Waals surface area contributed by atoms with Crippen LogP contribution < -0.4 is 0 Å². The van der Waals surface area contributed by atoms with E-state index in [0.29, 0.717) is 0 Å². The minimum atomic E-state index is 0.898. The molecule has 1 heterocycles. The maximum atomic E-state index is 4.35. The van der Waals surface area contributed by atoms with E-state index >= 15 is 0 Å². The largest absolute Gasteiger partial charge is 0.265 e. The average molecular weight is 181 g/mol. The van der Waals surface area contributed by atoms with E-state index in [1.807, 2.05) is 18.2 Å². The molecule has 1 aliphatic heterocycles. The standard InChI is InChI=1S/C8H7NS2/c1-2-4-7(5-3-1)8-9-6-10-11-8/h1-5H,6H2. The maximum absolute atomic E-state index is 4.35. The Bertz CT molecular complexity index is 269. The average Bonchev–Trinajstić information content (AvgIpc) is 2.58. The first kappa shape index (κ1) is 7.25. The number of hydrogen-bond acceptors (Lipinski definition) is 3. The molecule has 56 valence electrons. The van der Waals surface area contributed by atoms with Gasteiger partial charge in [-0.05, 0) is 10.8 Å². The van der Waals surface area contributed by atoms with E-state index in [1.54, 1.807) is 21.6 Å². The Balaban J connectivity index is 2.29. The summed E-state index contributed by atoms with van der Waals surface area (Å²) in [5.41, 5.74) is 1.24. The fourth-order valence-corrected chi connectivity index (χ4v) is 2.79. The number of hydrogen-bond donors (Lipinski definition) is 0. The fraction of sp³-hybridized carbons (Fsp3) is 0.125. The van der Waals surface area contributed by atoms with Gasteiger partial charge in [0, 0.05) is 5.56 Å². The molecule has 0 aromatic heterocycles. The minimum Gasteiger partial charge on any atom is -0.265 e. The summed E-state index contributed by atoms with van der Waals surface area (Å²) >= 11 is 0. The normalized spacial score (nSPS) is 16.5.